The molecule has 0 bridgehead atoms. The molecule has 0 saturated carbocycles. The smallest absolute Gasteiger partial charge is 0.262 e. The molecule has 4 amide bonds. The number of carbonyl (C=O) groups excluding carboxylic acids is 4. The Hall–Kier alpha value is -5.47. The van der Waals surface area contributed by atoms with E-state index in [9.17, 15) is 28.0 Å². The molecule has 0 radical (unpaired) electrons. The number of H-pyrrole nitrogens is 1. The second kappa shape index (κ2) is 14.9. The summed E-state index contributed by atoms with van der Waals surface area (Å²) in [6, 6.07) is 14.6. The number of pyridine rings is 1. The van der Waals surface area contributed by atoms with Crippen LogP contribution in [0, 0.1) is 5.41 Å². The number of nitrogens with one attached hydrogen (secondary N) is 2. The van der Waals surface area contributed by atoms with Crippen LogP contribution in [0.4, 0.5) is 14.6 Å². The van der Waals surface area contributed by atoms with Crippen molar-refractivity contribution in [3.63, 3.8) is 0 Å². The molecule has 1 spiro atoms. The lowest BCUT2D eigenvalue weighted by Crippen LogP contribution is -2.51. The van der Waals surface area contributed by atoms with Crippen molar-refractivity contribution in [1.29, 1.82) is 0 Å². The van der Waals surface area contributed by atoms with Gasteiger partial charge in [0.2, 0.25) is 11.8 Å². The molecule has 3 atom stereocenters. The summed E-state index contributed by atoms with van der Waals surface area (Å²) in [6.07, 6.45) is 4.94. The van der Waals surface area contributed by atoms with Crippen LogP contribution in [-0.4, -0.2) is 111 Å². The minimum Gasteiger partial charge on any atom is -0.357 e. The van der Waals surface area contributed by atoms with Gasteiger partial charge in [-0.1, -0.05) is 30.8 Å². The Morgan fingerprint density at radius 1 is 0.950 bits per heavy atom. The molecular formula is C46H50F2N8O4. The largest absolute Gasteiger partial charge is 0.357 e. The standard InChI is InChI=1S/C46H50F2N8O4/c1-27-7-9-37(43(58)50-27)56-44(59)34-20-30-23-52(24-31(30)21-35(34)45(56)60)26-40(57)54-17-13-46(14-18-54)11-15-53(16-12-46)39-10-8-29(22-49-39)42-41-33(19-28(2)55(42)25-38(47)48)32-5-3-4-6-36(32)51-41/h3-6,8,10,20-22,28,37-38,42,51H,1,7,9,11-19,23-26H2,2H3,(H,50,58)/t28-,37?,42-/m1/s1. The molecule has 2 aromatic heterocycles. The van der Waals surface area contributed by atoms with Gasteiger partial charge in [0.25, 0.3) is 18.2 Å². The highest BCUT2D eigenvalue weighted by Crippen LogP contribution is 2.44. The van der Waals surface area contributed by atoms with Crippen LogP contribution in [0.5, 0.6) is 0 Å². The zero-order chi connectivity index (χ0) is 41.4. The summed E-state index contributed by atoms with van der Waals surface area (Å²) in [7, 11) is 0. The number of anilines is 1. The van der Waals surface area contributed by atoms with E-state index in [1.165, 1.54) is 5.56 Å². The van der Waals surface area contributed by atoms with Gasteiger partial charge in [0.05, 0.1) is 30.3 Å². The number of likely N-dealkylation sites (tertiary alicyclic amines) is 1. The van der Waals surface area contributed by atoms with E-state index in [0.29, 0.717) is 62.3 Å². The van der Waals surface area contributed by atoms with Crippen LogP contribution in [0.1, 0.15) is 100 Å². The highest BCUT2D eigenvalue weighted by atomic mass is 19.3. The molecule has 10 rings (SSSR count). The quantitative estimate of drug-likeness (QED) is 0.225. The first-order valence-electron chi connectivity index (χ1n) is 21.3. The second-order valence-electron chi connectivity index (χ2n) is 17.9. The first kappa shape index (κ1) is 38.7. The number of hydrogen-bond donors (Lipinski definition) is 2. The number of para-hydroxylation sites is 1. The number of piperidine rings is 3. The summed E-state index contributed by atoms with van der Waals surface area (Å²) in [5.41, 5.74) is 7.37. The van der Waals surface area contributed by atoms with Gasteiger partial charge in [-0.3, -0.25) is 33.9 Å². The minimum absolute atomic E-state index is 0.0523. The van der Waals surface area contributed by atoms with Gasteiger partial charge in [-0.15, -0.1) is 0 Å². The lowest BCUT2D eigenvalue weighted by molar-refractivity contribution is -0.135. The van der Waals surface area contributed by atoms with E-state index in [2.05, 4.69) is 38.8 Å². The molecule has 4 aromatic rings. The zero-order valence-corrected chi connectivity index (χ0v) is 33.9. The predicted molar refractivity (Wildman–Crippen MR) is 221 cm³/mol. The van der Waals surface area contributed by atoms with Gasteiger partial charge >= 0.3 is 0 Å². The van der Waals surface area contributed by atoms with Gasteiger partial charge in [0.15, 0.2) is 0 Å². The number of nitrogens with zero attached hydrogens (tertiary/aromatic N) is 6. The maximum atomic E-state index is 13.9. The predicted octanol–water partition coefficient (Wildman–Crippen LogP) is 5.78. The number of aromatic nitrogens is 2. The van der Waals surface area contributed by atoms with Crippen LogP contribution in [0.25, 0.3) is 10.9 Å². The number of alkyl halides is 2. The second-order valence-corrected chi connectivity index (χ2v) is 17.9. The highest BCUT2D eigenvalue weighted by Gasteiger charge is 2.45. The summed E-state index contributed by atoms with van der Waals surface area (Å²) in [5.74, 6) is -0.288. The lowest BCUT2D eigenvalue weighted by atomic mass is 9.71. The Kier molecular flexibility index (Phi) is 9.62. The number of halogens is 2. The van der Waals surface area contributed by atoms with Gasteiger partial charge in [-0.25, -0.2) is 13.8 Å². The molecular weight excluding hydrogens is 767 g/mol. The molecule has 0 aliphatic carbocycles. The maximum absolute atomic E-state index is 13.9. The average molecular weight is 817 g/mol. The molecule has 3 saturated heterocycles. The number of benzene rings is 2. The lowest BCUT2D eigenvalue weighted by Gasteiger charge is -2.47. The van der Waals surface area contributed by atoms with Gasteiger partial charge < -0.3 is 20.1 Å². The summed E-state index contributed by atoms with van der Waals surface area (Å²) in [5, 5.41) is 3.82. The fourth-order valence-electron chi connectivity index (χ4n) is 10.9. The molecule has 1 unspecified atom stereocenters. The molecule has 8 heterocycles. The number of hydrogen-bond acceptors (Lipinski definition) is 8. The van der Waals surface area contributed by atoms with Crippen molar-refractivity contribution in [3.05, 3.63) is 106 Å². The Morgan fingerprint density at radius 3 is 2.28 bits per heavy atom. The van der Waals surface area contributed by atoms with Crippen LogP contribution in [0.15, 0.2) is 67.0 Å². The monoisotopic (exact) mass is 816 g/mol. The molecule has 6 aliphatic rings. The van der Waals surface area contributed by atoms with Crippen molar-refractivity contribution in [3.8, 4) is 0 Å². The topological polar surface area (TPSA) is 125 Å². The molecule has 12 nitrogen and oxygen atoms in total. The van der Waals surface area contributed by atoms with Crippen molar-refractivity contribution in [2.75, 3.05) is 44.2 Å². The Balaban J connectivity index is 0.735. The molecule has 312 valence electrons. The van der Waals surface area contributed by atoms with Crippen LogP contribution in [-0.2, 0) is 29.1 Å². The first-order valence-corrected chi connectivity index (χ1v) is 21.3. The van der Waals surface area contributed by atoms with Gasteiger partial charge in [-0.2, -0.15) is 0 Å². The summed E-state index contributed by atoms with van der Waals surface area (Å²) < 4.78 is 27.8. The average Bonchev–Trinajstić information content (AvgIpc) is 3.88. The summed E-state index contributed by atoms with van der Waals surface area (Å²) >= 11 is 0. The molecule has 6 aliphatic heterocycles. The molecule has 2 aromatic carbocycles. The van der Waals surface area contributed by atoms with Gasteiger partial charge in [0, 0.05) is 73.8 Å². The number of rotatable bonds is 7. The summed E-state index contributed by atoms with van der Waals surface area (Å²) in [4.78, 5) is 70.9. The van der Waals surface area contributed by atoms with Crippen LogP contribution in [0.3, 0.4) is 0 Å². The van der Waals surface area contributed by atoms with E-state index >= 15 is 0 Å². The normalized spacial score (nSPS) is 24.4. The number of allylic oxidation sites excluding steroid dienone is 1. The van der Waals surface area contributed by atoms with Crippen molar-refractivity contribution in [1.82, 2.24) is 34.9 Å². The molecule has 14 heteroatoms. The SMILES string of the molecule is C=C1CCC(N2C(=O)c3cc4c(cc3C2=O)CN(CC(=O)N2CCC3(CC2)CCN(c2ccc([C@@H]5c6[nH]c7ccccc7c6C[C@@H](C)N5CC(F)F)cn2)CC3)C4)C(=O)N1. The fourth-order valence-corrected chi connectivity index (χ4v) is 10.9. The number of aromatic amines is 1. The maximum Gasteiger partial charge on any atom is 0.262 e. The number of imide groups is 1. The van der Waals surface area contributed by atoms with Crippen molar-refractivity contribution in [2.45, 2.75) is 89.5 Å². The van der Waals surface area contributed by atoms with Gasteiger partial charge in [0.1, 0.15) is 11.9 Å². The third kappa shape index (κ3) is 6.68. The first-order chi connectivity index (χ1) is 28.9. The number of carbonyl (C=O) groups is 4. The Labute approximate surface area is 347 Å². The van der Waals surface area contributed by atoms with E-state index in [4.69, 9.17) is 4.98 Å². The molecule has 2 N–H and O–H groups in total. The van der Waals surface area contributed by atoms with Gasteiger partial charge in [-0.05, 0) is 104 Å². The number of fused-ring (bicyclic) bond motifs is 5. The van der Waals surface area contributed by atoms with E-state index in [1.807, 2.05) is 47.2 Å². The van der Waals surface area contributed by atoms with Crippen LogP contribution >= 0.6 is 0 Å². The minimum atomic E-state index is -2.44. The van der Waals surface area contributed by atoms with E-state index < -0.39 is 24.3 Å². The van der Waals surface area contributed by atoms with Crippen molar-refractivity contribution < 1.29 is 28.0 Å². The zero-order valence-electron chi connectivity index (χ0n) is 33.9. The molecule has 3 fully saturated rings. The van der Waals surface area contributed by atoms with Crippen LogP contribution in [0.2, 0.25) is 0 Å². The van der Waals surface area contributed by atoms with Crippen LogP contribution < -0.4 is 10.2 Å². The fraction of sp³-hybridized carbons (Fsp3) is 0.457. The van der Waals surface area contributed by atoms with Crippen molar-refractivity contribution >= 4 is 40.3 Å². The molecule has 60 heavy (non-hydrogen) atoms. The van der Waals surface area contributed by atoms with E-state index in [-0.39, 0.29) is 42.4 Å². The van der Waals surface area contributed by atoms with E-state index in [1.54, 1.807) is 12.1 Å². The number of amides is 4. The van der Waals surface area contributed by atoms with E-state index in [0.717, 1.165) is 82.8 Å². The third-order valence-corrected chi connectivity index (χ3v) is 14.3. The summed E-state index contributed by atoms with van der Waals surface area (Å²) in [6.45, 7) is 9.98. The Morgan fingerprint density at radius 2 is 1.63 bits per heavy atom. The Bertz CT molecular complexity index is 2370. The van der Waals surface area contributed by atoms with Crippen molar-refractivity contribution in [2.24, 2.45) is 5.41 Å². The highest BCUT2D eigenvalue weighted by molar-refractivity contribution is 6.23. The third-order valence-electron chi connectivity index (χ3n) is 14.3.